The van der Waals surface area contributed by atoms with Crippen molar-refractivity contribution in [3.63, 3.8) is 0 Å². The van der Waals surface area contributed by atoms with E-state index in [1.807, 2.05) is 36.1 Å². The predicted molar refractivity (Wildman–Crippen MR) is 134 cm³/mol. The Morgan fingerprint density at radius 3 is 2.68 bits per heavy atom. The number of nitrogens with zero attached hydrogens (tertiary/aromatic N) is 3. The number of aryl methyl sites for hydroxylation is 2. The molecule has 0 saturated carbocycles. The summed E-state index contributed by atoms with van der Waals surface area (Å²) < 4.78 is 5.21. The van der Waals surface area contributed by atoms with Crippen LogP contribution in [0, 0.1) is 19.8 Å². The van der Waals surface area contributed by atoms with Crippen molar-refractivity contribution in [3.05, 3.63) is 69.7 Å². The Balaban J connectivity index is 1.57. The highest BCUT2D eigenvalue weighted by molar-refractivity contribution is 6.31. The lowest BCUT2D eigenvalue weighted by Crippen LogP contribution is -2.44. The standard InChI is InChI=1S/C27H32ClN3O3/c1-4-34-27(33)21-8-7-13-30(16-21)17-26(32)31-25(22-9-5-6-10-23(22)28)15-24(29-31)20-12-11-18(2)19(3)14-20/h5-6,9-12,14,21,25H,4,7-8,13,15-17H2,1-3H3/t21-,25-/m1/s1. The quantitative estimate of drug-likeness (QED) is 0.550. The van der Waals surface area contributed by atoms with Crippen LogP contribution in [-0.4, -0.2) is 53.7 Å². The zero-order chi connectivity index (χ0) is 24.2. The van der Waals surface area contributed by atoms with Crippen LogP contribution in [0.15, 0.2) is 47.6 Å². The molecule has 1 saturated heterocycles. The van der Waals surface area contributed by atoms with Gasteiger partial charge in [0.1, 0.15) is 0 Å². The monoisotopic (exact) mass is 481 g/mol. The van der Waals surface area contributed by atoms with E-state index in [9.17, 15) is 9.59 Å². The first-order chi connectivity index (χ1) is 16.4. The van der Waals surface area contributed by atoms with E-state index in [2.05, 4.69) is 32.0 Å². The Kier molecular flexibility index (Phi) is 7.69. The first-order valence-corrected chi connectivity index (χ1v) is 12.4. The van der Waals surface area contributed by atoms with Crippen LogP contribution in [0.2, 0.25) is 5.02 Å². The molecule has 2 aliphatic rings. The van der Waals surface area contributed by atoms with Gasteiger partial charge in [-0.15, -0.1) is 0 Å². The maximum absolute atomic E-state index is 13.5. The van der Waals surface area contributed by atoms with Gasteiger partial charge in [-0.2, -0.15) is 5.10 Å². The van der Waals surface area contributed by atoms with Gasteiger partial charge in [0.15, 0.2) is 0 Å². The van der Waals surface area contributed by atoms with Crippen molar-refractivity contribution in [1.29, 1.82) is 0 Å². The van der Waals surface area contributed by atoms with Gasteiger partial charge in [0.05, 0.1) is 30.8 Å². The van der Waals surface area contributed by atoms with Crippen LogP contribution < -0.4 is 0 Å². The zero-order valence-electron chi connectivity index (χ0n) is 20.1. The van der Waals surface area contributed by atoms with Crippen molar-refractivity contribution in [2.75, 3.05) is 26.2 Å². The Morgan fingerprint density at radius 2 is 1.94 bits per heavy atom. The maximum atomic E-state index is 13.5. The normalized spacial score (nSPS) is 20.8. The summed E-state index contributed by atoms with van der Waals surface area (Å²) in [5.74, 6) is -0.452. The smallest absolute Gasteiger partial charge is 0.310 e. The van der Waals surface area contributed by atoms with Crippen molar-refractivity contribution in [2.24, 2.45) is 11.0 Å². The Labute approximate surface area is 206 Å². The Bertz CT molecular complexity index is 1100. The van der Waals surface area contributed by atoms with Gasteiger partial charge in [-0.25, -0.2) is 5.01 Å². The van der Waals surface area contributed by atoms with Crippen LogP contribution >= 0.6 is 11.6 Å². The minimum absolute atomic E-state index is 0.0896. The van der Waals surface area contributed by atoms with Crippen LogP contribution in [0.25, 0.3) is 0 Å². The number of carbonyl (C=O) groups excluding carboxylic acids is 2. The summed E-state index contributed by atoms with van der Waals surface area (Å²) in [4.78, 5) is 27.8. The molecule has 6 nitrogen and oxygen atoms in total. The summed E-state index contributed by atoms with van der Waals surface area (Å²) in [5.41, 5.74) is 5.21. The number of piperidine rings is 1. The van der Waals surface area contributed by atoms with Crippen LogP contribution in [0.5, 0.6) is 0 Å². The molecule has 2 aliphatic heterocycles. The fourth-order valence-corrected chi connectivity index (χ4v) is 5.00. The second-order valence-electron chi connectivity index (χ2n) is 9.15. The number of amides is 1. The molecule has 2 aromatic rings. The van der Waals surface area contributed by atoms with Crippen molar-refractivity contribution in [2.45, 2.75) is 46.1 Å². The fraction of sp³-hybridized carbons (Fsp3) is 0.444. The van der Waals surface area contributed by atoms with E-state index in [1.165, 1.54) is 11.1 Å². The third-order valence-electron chi connectivity index (χ3n) is 6.75. The third-order valence-corrected chi connectivity index (χ3v) is 7.10. The molecule has 34 heavy (non-hydrogen) atoms. The molecular formula is C27H32ClN3O3. The number of benzene rings is 2. The largest absolute Gasteiger partial charge is 0.466 e. The predicted octanol–water partition coefficient (Wildman–Crippen LogP) is 4.91. The molecule has 0 spiro atoms. The van der Waals surface area contributed by atoms with Gasteiger partial charge in [0.25, 0.3) is 5.91 Å². The van der Waals surface area contributed by atoms with Crippen molar-refractivity contribution in [3.8, 4) is 0 Å². The highest BCUT2D eigenvalue weighted by Crippen LogP contribution is 2.36. The summed E-state index contributed by atoms with van der Waals surface area (Å²) in [7, 11) is 0. The molecule has 2 atom stereocenters. The van der Waals surface area contributed by atoms with E-state index in [4.69, 9.17) is 21.4 Å². The van der Waals surface area contributed by atoms with Crippen LogP contribution in [0.1, 0.15) is 54.5 Å². The van der Waals surface area contributed by atoms with E-state index < -0.39 is 0 Å². The molecule has 1 fully saturated rings. The number of hydrogen-bond acceptors (Lipinski definition) is 5. The Hall–Kier alpha value is -2.70. The molecular weight excluding hydrogens is 450 g/mol. The first-order valence-electron chi connectivity index (χ1n) is 12.0. The topological polar surface area (TPSA) is 62.2 Å². The average molecular weight is 482 g/mol. The lowest BCUT2D eigenvalue weighted by Gasteiger charge is -2.32. The number of ether oxygens (including phenoxy) is 1. The molecule has 180 valence electrons. The van der Waals surface area contributed by atoms with Gasteiger partial charge in [-0.3, -0.25) is 14.5 Å². The number of esters is 1. The van der Waals surface area contributed by atoms with Crippen molar-refractivity contribution in [1.82, 2.24) is 9.91 Å². The van der Waals surface area contributed by atoms with Crippen molar-refractivity contribution >= 4 is 29.2 Å². The second kappa shape index (κ2) is 10.7. The summed E-state index contributed by atoms with van der Waals surface area (Å²) >= 11 is 6.54. The number of carbonyl (C=O) groups is 2. The minimum atomic E-state index is -0.261. The number of halogens is 1. The molecule has 2 aromatic carbocycles. The first kappa shape index (κ1) is 24.4. The van der Waals surface area contributed by atoms with Gasteiger partial charge in [-0.05, 0) is 74.5 Å². The molecule has 7 heteroatoms. The highest BCUT2D eigenvalue weighted by atomic mass is 35.5. The second-order valence-corrected chi connectivity index (χ2v) is 9.56. The lowest BCUT2D eigenvalue weighted by molar-refractivity contribution is -0.150. The molecule has 0 bridgehead atoms. The van der Waals surface area contributed by atoms with Crippen LogP contribution in [0.3, 0.4) is 0 Å². The van der Waals surface area contributed by atoms with E-state index in [0.717, 1.165) is 36.2 Å². The average Bonchev–Trinajstić information content (AvgIpc) is 3.27. The van der Waals surface area contributed by atoms with Gasteiger partial charge in [0.2, 0.25) is 0 Å². The molecule has 4 rings (SSSR count). The molecule has 0 aliphatic carbocycles. The molecule has 1 amide bonds. The number of likely N-dealkylation sites (tertiary alicyclic amines) is 1. The van der Waals surface area contributed by atoms with E-state index in [-0.39, 0.29) is 30.4 Å². The van der Waals surface area contributed by atoms with Gasteiger partial charge in [0, 0.05) is 18.0 Å². The number of hydrazone groups is 1. The minimum Gasteiger partial charge on any atom is -0.466 e. The van der Waals surface area contributed by atoms with Gasteiger partial charge in [-0.1, -0.05) is 41.9 Å². The van der Waals surface area contributed by atoms with E-state index in [0.29, 0.717) is 24.6 Å². The van der Waals surface area contributed by atoms with E-state index >= 15 is 0 Å². The molecule has 2 heterocycles. The molecule has 0 aromatic heterocycles. The summed E-state index contributed by atoms with van der Waals surface area (Å²) in [6, 6.07) is 13.7. The fourth-order valence-electron chi connectivity index (χ4n) is 4.74. The van der Waals surface area contributed by atoms with Crippen LogP contribution in [-0.2, 0) is 14.3 Å². The van der Waals surface area contributed by atoms with Crippen molar-refractivity contribution < 1.29 is 14.3 Å². The zero-order valence-corrected chi connectivity index (χ0v) is 20.8. The molecule has 0 radical (unpaired) electrons. The lowest BCUT2D eigenvalue weighted by atomic mass is 9.96. The summed E-state index contributed by atoms with van der Waals surface area (Å²) in [6.07, 6.45) is 2.26. The SMILES string of the molecule is CCOC(=O)[C@@H]1CCCN(CC(=O)N2N=C(c3ccc(C)c(C)c3)C[C@@H]2c2ccccc2Cl)C1. The van der Waals surface area contributed by atoms with Gasteiger partial charge >= 0.3 is 5.97 Å². The third kappa shape index (κ3) is 5.34. The number of hydrogen-bond donors (Lipinski definition) is 0. The summed E-state index contributed by atoms with van der Waals surface area (Å²) in [5, 5.41) is 7.02. The number of rotatable bonds is 6. The molecule has 0 N–H and O–H groups in total. The summed E-state index contributed by atoms with van der Waals surface area (Å²) in [6.45, 7) is 7.87. The van der Waals surface area contributed by atoms with E-state index in [1.54, 1.807) is 5.01 Å². The Morgan fingerprint density at radius 1 is 1.15 bits per heavy atom. The van der Waals surface area contributed by atoms with Gasteiger partial charge < -0.3 is 4.74 Å². The highest BCUT2D eigenvalue weighted by Gasteiger charge is 2.36. The maximum Gasteiger partial charge on any atom is 0.310 e. The van der Waals surface area contributed by atoms with Crippen LogP contribution in [0.4, 0.5) is 0 Å². The molecule has 0 unspecified atom stereocenters.